The first-order chi connectivity index (χ1) is 13.2. The highest BCUT2D eigenvalue weighted by Gasteiger charge is 2.34. The summed E-state index contributed by atoms with van der Waals surface area (Å²) in [5.41, 5.74) is 2.45. The third kappa shape index (κ3) is 3.11. The maximum atomic E-state index is 12.1. The van der Waals surface area contributed by atoms with Crippen LogP contribution in [-0.2, 0) is 13.1 Å². The van der Waals surface area contributed by atoms with Crippen molar-refractivity contribution in [3.05, 3.63) is 70.8 Å². The van der Waals surface area contributed by atoms with Gasteiger partial charge in [0.05, 0.1) is 6.10 Å². The number of likely N-dealkylation sites (tertiary alicyclic amines) is 1. The Kier molecular flexibility index (Phi) is 4.14. The lowest BCUT2D eigenvalue weighted by atomic mass is 9.83. The summed E-state index contributed by atoms with van der Waals surface area (Å²) in [7, 11) is 0. The van der Waals surface area contributed by atoms with E-state index in [-0.39, 0.29) is 5.56 Å². The number of para-hydroxylation sites is 1. The molecule has 0 saturated carbocycles. The summed E-state index contributed by atoms with van der Waals surface area (Å²) in [4.78, 5) is 14.5. The minimum atomic E-state index is -0.405. The van der Waals surface area contributed by atoms with Gasteiger partial charge >= 0.3 is 0 Å². The number of nitrogens with zero attached hydrogens (tertiary/aromatic N) is 3. The van der Waals surface area contributed by atoms with E-state index in [1.807, 2.05) is 22.8 Å². The minimum absolute atomic E-state index is 0.121. The highest BCUT2D eigenvalue weighted by atomic mass is 16.3. The second-order valence-electron chi connectivity index (χ2n) is 8.10. The molecule has 5 rings (SSSR count). The molecule has 5 nitrogen and oxygen atoms in total. The molecular weight excluding hydrogens is 338 g/mol. The molecule has 0 spiro atoms. The zero-order valence-electron chi connectivity index (χ0n) is 15.4. The van der Waals surface area contributed by atoms with Crippen molar-refractivity contribution in [2.75, 3.05) is 19.6 Å². The number of hydrogen-bond acceptors (Lipinski definition) is 3. The maximum Gasteiger partial charge on any atom is 0.250 e. The van der Waals surface area contributed by atoms with Crippen LogP contribution in [0.25, 0.3) is 10.9 Å². The largest absolute Gasteiger partial charge is 0.390 e. The van der Waals surface area contributed by atoms with Crippen LogP contribution in [0.4, 0.5) is 0 Å². The number of benzene rings is 1. The number of rotatable bonds is 4. The number of β-amino-alcohol motifs (C(OH)–C–C–N with tert-alkyl or cyclic N) is 1. The lowest BCUT2D eigenvalue weighted by molar-refractivity contribution is 0.0553. The molecule has 2 aliphatic rings. The maximum absolute atomic E-state index is 12.1. The van der Waals surface area contributed by atoms with Crippen molar-refractivity contribution in [3.63, 3.8) is 0 Å². The molecule has 5 heteroatoms. The van der Waals surface area contributed by atoms with Crippen LogP contribution in [0, 0.1) is 5.92 Å². The van der Waals surface area contributed by atoms with Crippen molar-refractivity contribution in [2.24, 2.45) is 5.92 Å². The van der Waals surface area contributed by atoms with Gasteiger partial charge in [0, 0.05) is 62.1 Å². The van der Waals surface area contributed by atoms with Gasteiger partial charge in [0.25, 0.3) is 5.56 Å². The average molecular weight is 363 g/mol. The van der Waals surface area contributed by atoms with Crippen LogP contribution in [0.15, 0.2) is 59.5 Å². The fraction of sp³-hybridized carbons (Fsp3) is 0.409. The highest BCUT2D eigenvalue weighted by molar-refractivity contribution is 5.79. The number of fused-ring (bicyclic) bond motifs is 5. The topological polar surface area (TPSA) is 50.4 Å². The number of aliphatic hydroxyl groups excluding tert-OH is 1. The summed E-state index contributed by atoms with van der Waals surface area (Å²) in [6.07, 6.45) is 2.80. The summed E-state index contributed by atoms with van der Waals surface area (Å²) >= 11 is 0. The Bertz CT molecular complexity index is 1020. The molecule has 2 bridgehead atoms. The molecule has 2 aromatic heterocycles. The van der Waals surface area contributed by atoms with Crippen LogP contribution in [-0.4, -0.2) is 44.9 Å². The van der Waals surface area contributed by atoms with Gasteiger partial charge in [0.15, 0.2) is 0 Å². The van der Waals surface area contributed by atoms with Crippen LogP contribution >= 0.6 is 0 Å². The Morgan fingerprint density at radius 1 is 1.00 bits per heavy atom. The fourth-order valence-corrected chi connectivity index (χ4v) is 5.03. The van der Waals surface area contributed by atoms with Crippen LogP contribution in [0.1, 0.15) is 18.0 Å². The molecule has 140 valence electrons. The molecule has 3 aromatic rings. The van der Waals surface area contributed by atoms with Gasteiger partial charge in [-0.25, -0.2) is 0 Å². The highest BCUT2D eigenvalue weighted by Crippen LogP contribution is 2.34. The standard InChI is InChI=1S/C22H25N3O2/c26-19(15-24-9-8-17-4-1-2-5-20(17)24)14-23-11-16-10-18(13-23)21-6-3-7-22(27)25(21)12-16/h1-9,16,18-19,26H,10-15H2/t16-,18+,19-/m0/s1. The first kappa shape index (κ1) is 16.8. The SMILES string of the molecule is O=c1cccc2n1C[C@H]1C[C@@H]2CN(C[C@H](O)Cn2ccc3ccccc32)C1. The Morgan fingerprint density at radius 2 is 1.89 bits per heavy atom. The van der Waals surface area contributed by atoms with E-state index in [9.17, 15) is 9.90 Å². The Morgan fingerprint density at radius 3 is 2.81 bits per heavy atom. The van der Waals surface area contributed by atoms with Crippen molar-refractivity contribution in [1.82, 2.24) is 14.0 Å². The van der Waals surface area contributed by atoms with E-state index in [1.165, 1.54) is 10.9 Å². The van der Waals surface area contributed by atoms with E-state index in [4.69, 9.17) is 0 Å². The molecule has 0 amide bonds. The minimum Gasteiger partial charge on any atom is -0.390 e. The van der Waals surface area contributed by atoms with Gasteiger partial charge in [-0.05, 0) is 35.9 Å². The van der Waals surface area contributed by atoms with Gasteiger partial charge in [-0.3, -0.25) is 9.69 Å². The molecule has 0 unspecified atom stereocenters. The number of pyridine rings is 1. The summed E-state index contributed by atoms with van der Waals surface area (Å²) in [5.74, 6) is 0.891. The zero-order chi connectivity index (χ0) is 18.4. The zero-order valence-corrected chi connectivity index (χ0v) is 15.4. The second kappa shape index (κ2) is 6.66. The van der Waals surface area contributed by atoms with Gasteiger partial charge in [0.1, 0.15) is 0 Å². The number of aliphatic hydroxyl groups is 1. The summed E-state index contributed by atoms with van der Waals surface area (Å²) in [6.45, 7) is 3.97. The van der Waals surface area contributed by atoms with E-state index in [1.54, 1.807) is 6.07 Å². The lowest BCUT2D eigenvalue weighted by Gasteiger charge is -2.43. The molecule has 27 heavy (non-hydrogen) atoms. The summed E-state index contributed by atoms with van der Waals surface area (Å²) in [5, 5.41) is 11.9. The van der Waals surface area contributed by atoms with Gasteiger partial charge < -0.3 is 14.2 Å². The van der Waals surface area contributed by atoms with Crippen molar-refractivity contribution < 1.29 is 5.11 Å². The number of aromatic nitrogens is 2. The van der Waals surface area contributed by atoms with Crippen LogP contribution in [0.3, 0.4) is 0 Å². The van der Waals surface area contributed by atoms with Crippen LogP contribution in [0.5, 0.6) is 0 Å². The molecule has 2 aliphatic heterocycles. The predicted octanol–water partition coefficient (Wildman–Crippen LogP) is 2.28. The van der Waals surface area contributed by atoms with Crippen molar-refractivity contribution >= 4 is 10.9 Å². The first-order valence-electron chi connectivity index (χ1n) is 9.81. The third-order valence-electron chi connectivity index (χ3n) is 6.11. The van der Waals surface area contributed by atoms with Gasteiger partial charge in [-0.2, -0.15) is 0 Å². The molecule has 1 saturated heterocycles. The smallest absolute Gasteiger partial charge is 0.250 e. The van der Waals surface area contributed by atoms with Gasteiger partial charge in [-0.15, -0.1) is 0 Å². The Hall–Kier alpha value is -2.37. The van der Waals surface area contributed by atoms with E-state index in [0.29, 0.717) is 24.9 Å². The predicted molar refractivity (Wildman–Crippen MR) is 106 cm³/mol. The van der Waals surface area contributed by atoms with Crippen molar-refractivity contribution in [1.29, 1.82) is 0 Å². The van der Waals surface area contributed by atoms with E-state index in [0.717, 1.165) is 31.7 Å². The third-order valence-corrected chi connectivity index (χ3v) is 6.11. The molecule has 1 aromatic carbocycles. The molecule has 1 fully saturated rings. The van der Waals surface area contributed by atoms with Crippen molar-refractivity contribution in [2.45, 2.75) is 31.5 Å². The molecule has 0 aliphatic carbocycles. The van der Waals surface area contributed by atoms with E-state index >= 15 is 0 Å². The van der Waals surface area contributed by atoms with Crippen LogP contribution in [0.2, 0.25) is 0 Å². The fourth-order valence-electron chi connectivity index (χ4n) is 5.03. The normalized spacial score (nSPS) is 23.3. The van der Waals surface area contributed by atoms with E-state index in [2.05, 4.69) is 39.9 Å². The van der Waals surface area contributed by atoms with Crippen molar-refractivity contribution in [3.8, 4) is 0 Å². The van der Waals surface area contributed by atoms with E-state index < -0.39 is 6.10 Å². The number of piperidine rings is 1. The second-order valence-corrected chi connectivity index (χ2v) is 8.10. The molecule has 4 heterocycles. The Labute approximate surface area is 158 Å². The average Bonchev–Trinajstić information content (AvgIpc) is 3.05. The number of hydrogen-bond donors (Lipinski definition) is 1. The van der Waals surface area contributed by atoms with Gasteiger partial charge in [0.2, 0.25) is 0 Å². The molecule has 0 radical (unpaired) electrons. The summed E-state index contributed by atoms with van der Waals surface area (Å²) < 4.78 is 4.10. The molecule has 1 N–H and O–H groups in total. The van der Waals surface area contributed by atoms with Gasteiger partial charge in [-0.1, -0.05) is 24.3 Å². The molecule has 3 atom stereocenters. The monoisotopic (exact) mass is 363 g/mol. The Balaban J connectivity index is 1.29. The quantitative estimate of drug-likeness (QED) is 0.774. The van der Waals surface area contributed by atoms with Crippen LogP contribution < -0.4 is 5.56 Å². The lowest BCUT2D eigenvalue weighted by Crippen LogP contribution is -2.49. The summed E-state index contributed by atoms with van der Waals surface area (Å²) in [6, 6.07) is 16.0. The first-order valence-corrected chi connectivity index (χ1v) is 9.81. The molecular formula is C22H25N3O2.